The van der Waals surface area contributed by atoms with Crippen LogP contribution in [0, 0.1) is 11.6 Å². The highest BCUT2D eigenvalue weighted by molar-refractivity contribution is 5.91. The van der Waals surface area contributed by atoms with Crippen LogP contribution >= 0.6 is 0 Å². The van der Waals surface area contributed by atoms with Crippen molar-refractivity contribution in [1.82, 2.24) is 9.13 Å². The Morgan fingerprint density at radius 1 is 1.04 bits per heavy atom. The predicted molar refractivity (Wildman–Crippen MR) is 86.9 cm³/mol. The standard InChI is InChI=1S/C17H15F2N3O2/c1-2-21-14-5-3-4-6-15(14)22(17(21)24)10-16(23)20-13-8-11(18)7-12(19)9-13/h3-9H,2,10H2,1H3,(H,20,23). The number of imidazole rings is 1. The van der Waals surface area contributed by atoms with Crippen molar-refractivity contribution in [3.63, 3.8) is 0 Å². The van der Waals surface area contributed by atoms with E-state index in [4.69, 9.17) is 0 Å². The molecule has 0 aliphatic carbocycles. The van der Waals surface area contributed by atoms with Crippen molar-refractivity contribution in [2.45, 2.75) is 20.0 Å². The molecule has 0 spiro atoms. The number of carbonyl (C=O) groups excluding carboxylic acids is 1. The number of aryl methyl sites for hydroxylation is 1. The number of para-hydroxylation sites is 2. The maximum Gasteiger partial charge on any atom is 0.329 e. The maximum absolute atomic E-state index is 13.2. The molecule has 3 rings (SSSR count). The van der Waals surface area contributed by atoms with E-state index in [1.807, 2.05) is 13.0 Å². The summed E-state index contributed by atoms with van der Waals surface area (Å²) in [6, 6.07) is 9.88. The van der Waals surface area contributed by atoms with Crippen LogP contribution in [-0.4, -0.2) is 15.0 Å². The number of nitrogens with zero attached hydrogens (tertiary/aromatic N) is 2. The zero-order chi connectivity index (χ0) is 17.3. The van der Waals surface area contributed by atoms with E-state index in [9.17, 15) is 18.4 Å². The summed E-state index contributed by atoms with van der Waals surface area (Å²) in [4.78, 5) is 24.6. The van der Waals surface area contributed by atoms with Gasteiger partial charge in [0, 0.05) is 18.3 Å². The Bertz CT molecular complexity index is 955. The van der Waals surface area contributed by atoms with Gasteiger partial charge in [0.25, 0.3) is 0 Å². The van der Waals surface area contributed by atoms with E-state index in [1.54, 1.807) is 22.8 Å². The number of amides is 1. The van der Waals surface area contributed by atoms with E-state index in [0.29, 0.717) is 12.1 Å². The first-order valence-electron chi connectivity index (χ1n) is 7.43. The number of benzene rings is 2. The Hall–Kier alpha value is -2.96. The molecule has 0 saturated heterocycles. The van der Waals surface area contributed by atoms with Gasteiger partial charge in [0.05, 0.1) is 11.0 Å². The molecule has 0 unspecified atom stereocenters. The van der Waals surface area contributed by atoms with E-state index in [1.165, 1.54) is 4.57 Å². The van der Waals surface area contributed by atoms with Crippen LogP contribution in [0.3, 0.4) is 0 Å². The van der Waals surface area contributed by atoms with E-state index in [-0.39, 0.29) is 17.9 Å². The molecule has 0 radical (unpaired) electrons. The summed E-state index contributed by atoms with van der Waals surface area (Å²) in [5, 5.41) is 2.40. The topological polar surface area (TPSA) is 56.0 Å². The van der Waals surface area contributed by atoms with Gasteiger partial charge in [-0.05, 0) is 31.2 Å². The second kappa shape index (κ2) is 6.27. The fourth-order valence-corrected chi connectivity index (χ4v) is 2.70. The molecule has 1 amide bonds. The van der Waals surface area contributed by atoms with Crippen molar-refractivity contribution in [2.75, 3.05) is 5.32 Å². The number of halogens is 2. The number of nitrogens with one attached hydrogen (secondary N) is 1. The zero-order valence-corrected chi connectivity index (χ0v) is 12.9. The molecular weight excluding hydrogens is 316 g/mol. The number of carbonyl (C=O) groups is 1. The number of fused-ring (bicyclic) bond motifs is 1. The van der Waals surface area contributed by atoms with Crippen LogP contribution in [0.25, 0.3) is 11.0 Å². The molecular formula is C17H15F2N3O2. The first-order valence-corrected chi connectivity index (χ1v) is 7.43. The van der Waals surface area contributed by atoms with Gasteiger partial charge in [0.1, 0.15) is 18.2 Å². The van der Waals surface area contributed by atoms with Crippen LogP contribution in [-0.2, 0) is 17.9 Å². The SMILES string of the molecule is CCn1c(=O)n(CC(=O)Nc2cc(F)cc(F)c2)c2ccccc21. The van der Waals surface area contributed by atoms with Gasteiger partial charge >= 0.3 is 5.69 Å². The first kappa shape index (κ1) is 15.9. The average molecular weight is 331 g/mol. The average Bonchev–Trinajstić information content (AvgIpc) is 2.78. The Morgan fingerprint density at radius 2 is 1.62 bits per heavy atom. The van der Waals surface area contributed by atoms with E-state index in [2.05, 4.69) is 5.32 Å². The summed E-state index contributed by atoms with van der Waals surface area (Å²) in [7, 11) is 0. The number of rotatable bonds is 4. The largest absolute Gasteiger partial charge is 0.329 e. The molecule has 1 aromatic heterocycles. The summed E-state index contributed by atoms with van der Waals surface area (Å²) in [5.41, 5.74) is 1.06. The Balaban J connectivity index is 1.91. The highest BCUT2D eigenvalue weighted by atomic mass is 19.1. The van der Waals surface area contributed by atoms with Crippen molar-refractivity contribution >= 4 is 22.6 Å². The van der Waals surface area contributed by atoms with Gasteiger partial charge in [-0.25, -0.2) is 13.6 Å². The van der Waals surface area contributed by atoms with Crippen LogP contribution in [0.4, 0.5) is 14.5 Å². The summed E-state index contributed by atoms with van der Waals surface area (Å²) < 4.78 is 29.3. The third-order valence-corrected chi connectivity index (χ3v) is 3.69. The van der Waals surface area contributed by atoms with Crippen molar-refractivity contribution < 1.29 is 13.6 Å². The highest BCUT2D eigenvalue weighted by Crippen LogP contribution is 2.15. The minimum absolute atomic E-state index is 0.00442. The summed E-state index contributed by atoms with van der Waals surface area (Å²) in [5.74, 6) is -2.11. The lowest BCUT2D eigenvalue weighted by Gasteiger charge is -2.06. The zero-order valence-electron chi connectivity index (χ0n) is 12.9. The lowest BCUT2D eigenvalue weighted by molar-refractivity contribution is -0.116. The molecule has 0 atom stereocenters. The smallest absolute Gasteiger partial charge is 0.324 e. The van der Waals surface area contributed by atoms with E-state index >= 15 is 0 Å². The quantitative estimate of drug-likeness (QED) is 0.799. The second-order valence-electron chi connectivity index (χ2n) is 5.31. The van der Waals surface area contributed by atoms with Gasteiger partial charge in [-0.1, -0.05) is 12.1 Å². The Kier molecular flexibility index (Phi) is 4.16. The van der Waals surface area contributed by atoms with Crippen molar-refractivity contribution in [1.29, 1.82) is 0 Å². The van der Waals surface area contributed by atoms with Gasteiger partial charge < -0.3 is 5.32 Å². The van der Waals surface area contributed by atoms with Gasteiger partial charge in [0.15, 0.2) is 0 Å². The Labute approximate surface area is 136 Å². The second-order valence-corrected chi connectivity index (χ2v) is 5.31. The molecule has 24 heavy (non-hydrogen) atoms. The minimum Gasteiger partial charge on any atom is -0.324 e. The number of aromatic nitrogens is 2. The molecule has 0 bridgehead atoms. The van der Waals surface area contributed by atoms with Crippen LogP contribution in [0.1, 0.15) is 6.92 Å². The number of hydrogen-bond donors (Lipinski definition) is 1. The predicted octanol–water partition coefficient (Wildman–Crippen LogP) is 2.74. The fourth-order valence-electron chi connectivity index (χ4n) is 2.70. The molecule has 0 aliphatic rings. The highest BCUT2D eigenvalue weighted by Gasteiger charge is 2.14. The van der Waals surface area contributed by atoms with Crippen LogP contribution in [0.2, 0.25) is 0 Å². The molecule has 0 fully saturated rings. The molecule has 124 valence electrons. The Morgan fingerprint density at radius 3 is 2.21 bits per heavy atom. The fraction of sp³-hybridized carbons (Fsp3) is 0.176. The van der Waals surface area contributed by atoms with Gasteiger partial charge in [-0.2, -0.15) is 0 Å². The molecule has 3 aromatic rings. The third-order valence-electron chi connectivity index (χ3n) is 3.69. The third kappa shape index (κ3) is 2.92. The van der Waals surface area contributed by atoms with Crippen LogP contribution in [0.15, 0.2) is 47.3 Å². The monoisotopic (exact) mass is 331 g/mol. The van der Waals surface area contributed by atoms with E-state index in [0.717, 1.165) is 23.7 Å². The summed E-state index contributed by atoms with van der Waals surface area (Å²) >= 11 is 0. The van der Waals surface area contributed by atoms with Crippen molar-refractivity contribution in [2.24, 2.45) is 0 Å². The normalized spacial score (nSPS) is 11.0. The molecule has 0 saturated carbocycles. The van der Waals surface area contributed by atoms with Gasteiger partial charge in [-0.15, -0.1) is 0 Å². The molecule has 5 nitrogen and oxygen atoms in total. The van der Waals surface area contributed by atoms with Crippen LogP contribution in [0.5, 0.6) is 0 Å². The molecule has 7 heteroatoms. The summed E-state index contributed by atoms with van der Waals surface area (Å²) in [6.07, 6.45) is 0. The molecule has 1 heterocycles. The summed E-state index contributed by atoms with van der Waals surface area (Å²) in [6.45, 7) is 2.07. The maximum atomic E-state index is 13.2. The molecule has 2 aromatic carbocycles. The first-order chi connectivity index (χ1) is 11.5. The number of hydrogen-bond acceptors (Lipinski definition) is 2. The molecule has 1 N–H and O–H groups in total. The van der Waals surface area contributed by atoms with E-state index < -0.39 is 17.5 Å². The van der Waals surface area contributed by atoms with Crippen molar-refractivity contribution in [3.05, 3.63) is 64.6 Å². The van der Waals surface area contributed by atoms with Crippen molar-refractivity contribution in [3.8, 4) is 0 Å². The molecule has 0 aliphatic heterocycles. The van der Waals surface area contributed by atoms with Gasteiger partial charge in [-0.3, -0.25) is 13.9 Å². The van der Waals surface area contributed by atoms with Gasteiger partial charge in [0.2, 0.25) is 5.91 Å². The lowest BCUT2D eigenvalue weighted by atomic mass is 10.3. The number of anilines is 1. The minimum atomic E-state index is -0.787. The van der Waals surface area contributed by atoms with Crippen LogP contribution < -0.4 is 11.0 Å². The lowest BCUT2D eigenvalue weighted by Crippen LogP contribution is -2.29.